The third-order valence-electron chi connectivity index (χ3n) is 2.87. The van der Waals surface area contributed by atoms with Crippen LogP contribution in [0.3, 0.4) is 0 Å². The number of hydrogen-bond acceptors (Lipinski definition) is 2. The first-order valence-corrected chi connectivity index (χ1v) is 6.41. The van der Waals surface area contributed by atoms with E-state index < -0.39 is 0 Å². The van der Waals surface area contributed by atoms with Gasteiger partial charge in [0.2, 0.25) is 5.91 Å². The molecule has 1 fully saturated rings. The molecule has 0 aliphatic heterocycles. The topological polar surface area (TPSA) is 41.1 Å². The zero-order valence-electron chi connectivity index (χ0n) is 10.7. The van der Waals surface area contributed by atoms with E-state index in [0.717, 1.165) is 19.3 Å². The number of carbonyl (C=O) groups excluding carboxylic acids is 1. The lowest BCUT2D eigenvalue weighted by atomic mass is 10.2. The lowest BCUT2D eigenvalue weighted by Crippen LogP contribution is -2.38. The predicted octanol–water partition coefficient (Wildman–Crippen LogP) is 2.34. The maximum atomic E-state index is 11.6. The Morgan fingerprint density at radius 2 is 2.06 bits per heavy atom. The van der Waals surface area contributed by atoms with Crippen LogP contribution in [0, 0.1) is 0 Å². The Bertz CT molecular complexity index is 265. The fourth-order valence-corrected chi connectivity index (χ4v) is 1.88. The first kappa shape index (κ1) is 13.1. The van der Waals surface area contributed by atoms with E-state index in [4.69, 9.17) is 0 Å². The van der Waals surface area contributed by atoms with Crippen molar-refractivity contribution in [3.63, 3.8) is 0 Å². The van der Waals surface area contributed by atoms with Gasteiger partial charge in [-0.1, -0.05) is 25.8 Å². The van der Waals surface area contributed by atoms with Gasteiger partial charge in [-0.2, -0.15) is 0 Å². The van der Waals surface area contributed by atoms with E-state index in [9.17, 15) is 4.79 Å². The van der Waals surface area contributed by atoms with Gasteiger partial charge in [-0.3, -0.25) is 4.79 Å². The fourth-order valence-electron chi connectivity index (χ4n) is 1.88. The van der Waals surface area contributed by atoms with Crippen LogP contribution >= 0.6 is 0 Å². The summed E-state index contributed by atoms with van der Waals surface area (Å²) in [5, 5.41) is 6.24. The van der Waals surface area contributed by atoms with Crippen LogP contribution in [-0.4, -0.2) is 18.5 Å². The average Bonchev–Trinajstić information content (AvgIpc) is 3.03. The average molecular weight is 224 g/mol. The molecular weight excluding hydrogens is 200 g/mol. The Hall–Kier alpha value is -0.990. The first-order valence-electron chi connectivity index (χ1n) is 6.41. The highest BCUT2D eigenvalue weighted by atomic mass is 16.1. The maximum absolute atomic E-state index is 11.6. The van der Waals surface area contributed by atoms with Gasteiger partial charge in [0.1, 0.15) is 0 Å². The minimum Gasteiger partial charge on any atom is -0.380 e. The minimum absolute atomic E-state index is 0.105. The molecule has 0 spiro atoms. The molecule has 1 aliphatic rings. The number of hydrogen-bond donors (Lipinski definition) is 2. The molecule has 0 aromatic heterocycles. The van der Waals surface area contributed by atoms with E-state index in [2.05, 4.69) is 31.4 Å². The van der Waals surface area contributed by atoms with Crippen molar-refractivity contribution in [2.45, 2.75) is 58.9 Å². The molecule has 1 aliphatic carbocycles. The molecule has 3 heteroatoms. The Morgan fingerprint density at radius 1 is 1.38 bits per heavy atom. The molecule has 2 N–H and O–H groups in total. The summed E-state index contributed by atoms with van der Waals surface area (Å²) < 4.78 is 0. The van der Waals surface area contributed by atoms with Crippen molar-refractivity contribution in [1.29, 1.82) is 0 Å². The van der Waals surface area contributed by atoms with E-state index >= 15 is 0 Å². The molecule has 0 radical (unpaired) electrons. The van der Waals surface area contributed by atoms with Crippen molar-refractivity contribution in [2.24, 2.45) is 0 Å². The summed E-state index contributed by atoms with van der Waals surface area (Å²) in [6, 6.07) is 0.290. The molecule has 0 heterocycles. The Balaban J connectivity index is 2.22. The molecule has 0 aromatic carbocycles. The summed E-state index contributed by atoms with van der Waals surface area (Å²) in [6.07, 6.45) is 5.59. The highest BCUT2D eigenvalue weighted by molar-refractivity contribution is 5.78. The third kappa shape index (κ3) is 4.69. The SMILES string of the molecule is CCCC(C)NC(=O)CNC(CC)=C1CC1. The minimum atomic E-state index is 0.105. The van der Waals surface area contributed by atoms with Gasteiger partial charge in [0.15, 0.2) is 0 Å². The molecule has 0 saturated heterocycles. The highest BCUT2D eigenvalue weighted by Gasteiger charge is 2.16. The normalized spacial score (nSPS) is 15.6. The van der Waals surface area contributed by atoms with Crippen molar-refractivity contribution in [1.82, 2.24) is 10.6 Å². The number of amides is 1. The zero-order chi connectivity index (χ0) is 12.0. The second-order valence-electron chi connectivity index (χ2n) is 4.55. The van der Waals surface area contributed by atoms with Gasteiger partial charge >= 0.3 is 0 Å². The largest absolute Gasteiger partial charge is 0.380 e. The monoisotopic (exact) mass is 224 g/mol. The van der Waals surface area contributed by atoms with Gasteiger partial charge in [0.25, 0.3) is 0 Å². The number of rotatable bonds is 7. The molecular formula is C13H24N2O. The number of allylic oxidation sites excluding steroid dienone is 2. The number of nitrogens with one attached hydrogen (secondary N) is 2. The van der Waals surface area contributed by atoms with Gasteiger partial charge in [-0.15, -0.1) is 0 Å². The lowest BCUT2D eigenvalue weighted by Gasteiger charge is -2.14. The summed E-state index contributed by atoms with van der Waals surface area (Å²) in [6.45, 7) is 6.74. The van der Waals surface area contributed by atoms with Crippen molar-refractivity contribution >= 4 is 5.91 Å². The smallest absolute Gasteiger partial charge is 0.239 e. The molecule has 1 amide bonds. The van der Waals surface area contributed by atoms with Crippen LogP contribution in [0.1, 0.15) is 52.9 Å². The maximum Gasteiger partial charge on any atom is 0.239 e. The molecule has 0 aromatic rings. The highest BCUT2D eigenvalue weighted by Crippen LogP contribution is 2.31. The Morgan fingerprint density at radius 3 is 2.56 bits per heavy atom. The van der Waals surface area contributed by atoms with Crippen molar-refractivity contribution in [3.05, 3.63) is 11.3 Å². The van der Waals surface area contributed by atoms with E-state index in [-0.39, 0.29) is 11.9 Å². The standard InChI is InChI=1S/C13H24N2O/c1-4-6-10(3)15-13(16)9-14-12(5-2)11-7-8-11/h10,14H,4-9H2,1-3H3,(H,15,16). The molecule has 1 saturated carbocycles. The van der Waals surface area contributed by atoms with Crippen LogP contribution in [0.15, 0.2) is 11.3 Å². The summed E-state index contributed by atoms with van der Waals surface area (Å²) in [5.74, 6) is 0.105. The summed E-state index contributed by atoms with van der Waals surface area (Å²) >= 11 is 0. The lowest BCUT2D eigenvalue weighted by molar-refractivity contribution is -0.120. The van der Waals surface area contributed by atoms with Crippen LogP contribution in [0.5, 0.6) is 0 Å². The Kier molecular flexibility index (Phi) is 5.36. The summed E-state index contributed by atoms with van der Waals surface area (Å²) in [4.78, 5) is 11.6. The molecule has 1 atom stereocenters. The molecule has 3 nitrogen and oxygen atoms in total. The van der Waals surface area contributed by atoms with E-state index in [1.165, 1.54) is 24.1 Å². The van der Waals surface area contributed by atoms with E-state index in [1.54, 1.807) is 0 Å². The molecule has 92 valence electrons. The van der Waals surface area contributed by atoms with Crippen LogP contribution in [0.4, 0.5) is 0 Å². The third-order valence-corrected chi connectivity index (χ3v) is 2.87. The second-order valence-corrected chi connectivity index (χ2v) is 4.55. The fraction of sp³-hybridized carbons (Fsp3) is 0.769. The second kappa shape index (κ2) is 6.56. The van der Waals surface area contributed by atoms with Crippen LogP contribution in [0.25, 0.3) is 0 Å². The van der Waals surface area contributed by atoms with Crippen LogP contribution in [-0.2, 0) is 4.79 Å². The van der Waals surface area contributed by atoms with Gasteiger partial charge in [0, 0.05) is 11.7 Å². The summed E-state index contributed by atoms with van der Waals surface area (Å²) in [5.41, 5.74) is 2.77. The van der Waals surface area contributed by atoms with Gasteiger partial charge < -0.3 is 10.6 Å². The van der Waals surface area contributed by atoms with Gasteiger partial charge in [0.05, 0.1) is 6.54 Å². The first-order chi connectivity index (χ1) is 7.67. The molecule has 0 bridgehead atoms. The van der Waals surface area contributed by atoms with Crippen molar-refractivity contribution in [3.8, 4) is 0 Å². The molecule has 1 unspecified atom stereocenters. The quantitative estimate of drug-likeness (QED) is 0.697. The van der Waals surface area contributed by atoms with Crippen molar-refractivity contribution in [2.75, 3.05) is 6.54 Å². The van der Waals surface area contributed by atoms with Gasteiger partial charge in [-0.05, 0) is 32.6 Å². The van der Waals surface area contributed by atoms with Crippen molar-refractivity contribution < 1.29 is 4.79 Å². The van der Waals surface area contributed by atoms with Gasteiger partial charge in [-0.25, -0.2) is 0 Å². The van der Waals surface area contributed by atoms with E-state index in [1.807, 2.05) is 0 Å². The zero-order valence-corrected chi connectivity index (χ0v) is 10.7. The number of carbonyl (C=O) groups is 1. The Labute approximate surface area is 98.7 Å². The predicted molar refractivity (Wildman–Crippen MR) is 67.1 cm³/mol. The van der Waals surface area contributed by atoms with Crippen LogP contribution < -0.4 is 10.6 Å². The van der Waals surface area contributed by atoms with E-state index in [0.29, 0.717) is 6.54 Å². The van der Waals surface area contributed by atoms with Crippen LogP contribution in [0.2, 0.25) is 0 Å². The molecule has 16 heavy (non-hydrogen) atoms. The molecule has 1 rings (SSSR count). The summed E-state index contributed by atoms with van der Waals surface area (Å²) in [7, 11) is 0.